The molecule has 1 saturated carbocycles. The van der Waals surface area contributed by atoms with Crippen LogP contribution in [0.15, 0.2) is 12.2 Å². The molecule has 1 spiro atoms. The number of ether oxygens (including phenoxy) is 2. The maximum absolute atomic E-state index is 12.9. The Hall–Kier alpha value is -1.36. The average Bonchev–Trinajstić information content (AvgIpc) is 3.16. The second kappa shape index (κ2) is 4.57. The Bertz CT molecular complexity index is 510. The van der Waals surface area contributed by atoms with E-state index in [-0.39, 0.29) is 23.9 Å². The summed E-state index contributed by atoms with van der Waals surface area (Å²) in [5, 5.41) is 0. The summed E-state index contributed by atoms with van der Waals surface area (Å²) in [5.41, 5.74) is -0.585. The highest BCUT2D eigenvalue weighted by molar-refractivity contribution is 5.91. The van der Waals surface area contributed by atoms with Crippen molar-refractivity contribution >= 4 is 11.9 Å². The van der Waals surface area contributed by atoms with Crippen molar-refractivity contribution in [2.45, 2.75) is 49.9 Å². The van der Waals surface area contributed by atoms with E-state index in [2.05, 4.69) is 0 Å². The van der Waals surface area contributed by atoms with Gasteiger partial charge in [-0.15, -0.1) is 0 Å². The fraction of sp³-hybridized carbons (Fsp3) is 0.750. The van der Waals surface area contributed by atoms with Crippen LogP contribution in [0.1, 0.15) is 32.1 Å². The highest BCUT2D eigenvalue weighted by Gasteiger charge is 2.67. The van der Waals surface area contributed by atoms with Crippen LogP contribution in [0.4, 0.5) is 0 Å². The quantitative estimate of drug-likeness (QED) is 0.568. The van der Waals surface area contributed by atoms with Gasteiger partial charge in [-0.05, 0) is 12.8 Å². The molecule has 0 N–H and O–H groups in total. The molecule has 2 bridgehead atoms. The SMILES string of the molecule is COC(=O)C1[C@H]2C=CC3(CN(C4CCCCC4)C(=O)[C@@H]13)O2. The molecule has 3 fully saturated rings. The number of rotatable bonds is 2. The second-order valence-corrected chi connectivity index (χ2v) is 6.68. The molecule has 4 rings (SSSR count). The number of amides is 1. The molecule has 0 aromatic carbocycles. The number of hydrogen-bond donors (Lipinski definition) is 0. The summed E-state index contributed by atoms with van der Waals surface area (Å²) >= 11 is 0. The van der Waals surface area contributed by atoms with Crippen molar-refractivity contribution in [3.63, 3.8) is 0 Å². The van der Waals surface area contributed by atoms with Gasteiger partial charge in [0.1, 0.15) is 11.5 Å². The molecule has 0 radical (unpaired) electrons. The molecule has 1 aliphatic carbocycles. The maximum Gasteiger partial charge on any atom is 0.312 e. The highest BCUT2D eigenvalue weighted by Crippen LogP contribution is 2.53. The lowest BCUT2D eigenvalue weighted by atomic mass is 9.77. The third kappa shape index (κ3) is 1.73. The molecule has 2 saturated heterocycles. The zero-order valence-electron chi connectivity index (χ0n) is 12.3. The van der Waals surface area contributed by atoms with Gasteiger partial charge in [0.15, 0.2) is 0 Å². The molecular formula is C16H21NO4. The number of esters is 1. The van der Waals surface area contributed by atoms with Gasteiger partial charge in [-0.25, -0.2) is 0 Å². The van der Waals surface area contributed by atoms with Gasteiger partial charge >= 0.3 is 5.97 Å². The fourth-order valence-electron chi connectivity index (χ4n) is 4.64. The van der Waals surface area contributed by atoms with E-state index in [9.17, 15) is 9.59 Å². The summed E-state index contributed by atoms with van der Waals surface area (Å²) in [6.07, 6.45) is 9.42. The molecule has 5 heteroatoms. The third-order valence-electron chi connectivity index (χ3n) is 5.62. The molecule has 114 valence electrons. The molecule has 3 aliphatic heterocycles. The van der Waals surface area contributed by atoms with Gasteiger partial charge < -0.3 is 14.4 Å². The van der Waals surface area contributed by atoms with E-state index in [0.29, 0.717) is 12.6 Å². The van der Waals surface area contributed by atoms with Crippen molar-refractivity contribution in [3.8, 4) is 0 Å². The van der Waals surface area contributed by atoms with Crippen molar-refractivity contribution in [3.05, 3.63) is 12.2 Å². The van der Waals surface area contributed by atoms with Gasteiger partial charge in [-0.2, -0.15) is 0 Å². The van der Waals surface area contributed by atoms with Crippen LogP contribution in [0.5, 0.6) is 0 Å². The number of fused-ring (bicyclic) bond motifs is 1. The monoisotopic (exact) mass is 291 g/mol. The van der Waals surface area contributed by atoms with Crippen LogP contribution >= 0.6 is 0 Å². The molecular weight excluding hydrogens is 270 g/mol. The normalized spacial score (nSPS) is 41.7. The van der Waals surface area contributed by atoms with Crippen molar-refractivity contribution in [1.82, 2.24) is 4.90 Å². The first kappa shape index (κ1) is 13.3. The zero-order valence-corrected chi connectivity index (χ0v) is 12.3. The topological polar surface area (TPSA) is 55.8 Å². The van der Waals surface area contributed by atoms with Gasteiger partial charge in [-0.1, -0.05) is 31.4 Å². The maximum atomic E-state index is 12.9. The number of nitrogens with zero attached hydrogens (tertiary/aromatic N) is 1. The largest absolute Gasteiger partial charge is 0.469 e. The molecule has 3 heterocycles. The zero-order chi connectivity index (χ0) is 14.6. The Balaban J connectivity index is 1.63. The Morgan fingerprint density at radius 2 is 2.14 bits per heavy atom. The van der Waals surface area contributed by atoms with E-state index in [1.54, 1.807) is 0 Å². The smallest absolute Gasteiger partial charge is 0.312 e. The van der Waals surface area contributed by atoms with Gasteiger partial charge in [0.05, 0.1) is 25.7 Å². The van der Waals surface area contributed by atoms with E-state index in [1.807, 2.05) is 17.1 Å². The third-order valence-corrected chi connectivity index (χ3v) is 5.62. The predicted molar refractivity (Wildman–Crippen MR) is 74.3 cm³/mol. The Labute approximate surface area is 124 Å². The molecule has 4 atom stereocenters. The summed E-state index contributed by atoms with van der Waals surface area (Å²) in [6.45, 7) is 0.599. The number of likely N-dealkylation sites (tertiary alicyclic amines) is 1. The van der Waals surface area contributed by atoms with Gasteiger partial charge in [0, 0.05) is 6.04 Å². The minimum Gasteiger partial charge on any atom is -0.469 e. The summed E-state index contributed by atoms with van der Waals surface area (Å²) < 4.78 is 10.9. The van der Waals surface area contributed by atoms with Gasteiger partial charge in [0.2, 0.25) is 5.91 Å². The Kier molecular flexibility index (Phi) is 2.89. The number of carbonyl (C=O) groups is 2. The van der Waals surface area contributed by atoms with Crippen molar-refractivity contribution < 1.29 is 19.1 Å². The number of methoxy groups -OCH3 is 1. The predicted octanol–water partition coefficient (Wildman–Crippen LogP) is 1.27. The van der Waals surface area contributed by atoms with E-state index in [0.717, 1.165) is 12.8 Å². The highest BCUT2D eigenvalue weighted by atomic mass is 16.5. The van der Waals surface area contributed by atoms with Gasteiger partial charge in [-0.3, -0.25) is 9.59 Å². The lowest BCUT2D eigenvalue weighted by molar-refractivity contribution is -0.151. The van der Waals surface area contributed by atoms with Crippen LogP contribution in [-0.2, 0) is 19.1 Å². The van der Waals surface area contributed by atoms with Crippen molar-refractivity contribution in [2.24, 2.45) is 11.8 Å². The summed E-state index contributed by atoms with van der Waals surface area (Å²) in [7, 11) is 1.38. The molecule has 4 aliphatic rings. The minimum absolute atomic E-state index is 0.0872. The molecule has 1 amide bonds. The van der Waals surface area contributed by atoms with Crippen LogP contribution in [0.25, 0.3) is 0 Å². The summed E-state index contributed by atoms with van der Waals surface area (Å²) in [6, 6.07) is 0.320. The summed E-state index contributed by atoms with van der Waals surface area (Å²) in [4.78, 5) is 26.9. The van der Waals surface area contributed by atoms with E-state index < -0.39 is 11.5 Å². The first-order valence-corrected chi connectivity index (χ1v) is 7.92. The fourth-order valence-corrected chi connectivity index (χ4v) is 4.64. The van der Waals surface area contributed by atoms with Gasteiger partial charge in [0.25, 0.3) is 0 Å². The first-order chi connectivity index (χ1) is 10.2. The first-order valence-electron chi connectivity index (χ1n) is 7.92. The van der Waals surface area contributed by atoms with Crippen LogP contribution < -0.4 is 0 Å². The molecule has 5 nitrogen and oxygen atoms in total. The van der Waals surface area contributed by atoms with Crippen LogP contribution in [0.2, 0.25) is 0 Å². The second-order valence-electron chi connectivity index (χ2n) is 6.68. The Morgan fingerprint density at radius 1 is 1.38 bits per heavy atom. The Morgan fingerprint density at radius 3 is 2.86 bits per heavy atom. The standard InChI is InChI=1S/C16H21NO4/c1-20-15(19)12-11-7-8-16(21-11)9-17(14(18)13(12)16)10-5-3-2-4-6-10/h7-8,10-13H,2-6,9H2,1H3/t11-,12?,13-,16?/m1/s1. The lowest BCUT2D eigenvalue weighted by Gasteiger charge is -2.32. The molecule has 2 unspecified atom stereocenters. The van der Waals surface area contributed by atoms with E-state index in [4.69, 9.17) is 9.47 Å². The van der Waals surface area contributed by atoms with E-state index >= 15 is 0 Å². The molecule has 21 heavy (non-hydrogen) atoms. The van der Waals surface area contributed by atoms with Crippen LogP contribution in [-0.4, -0.2) is 48.2 Å². The van der Waals surface area contributed by atoms with Crippen molar-refractivity contribution in [1.29, 1.82) is 0 Å². The van der Waals surface area contributed by atoms with Crippen molar-refractivity contribution in [2.75, 3.05) is 13.7 Å². The lowest BCUT2D eigenvalue weighted by Crippen LogP contribution is -2.42. The number of carbonyl (C=O) groups excluding carboxylic acids is 2. The van der Waals surface area contributed by atoms with E-state index in [1.165, 1.54) is 26.4 Å². The number of hydrogen-bond acceptors (Lipinski definition) is 4. The average molecular weight is 291 g/mol. The van der Waals surface area contributed by atoms with Crippen LogP contribution in [0, 0.1) is 11.8 Å². The molecule has 0 aromatic heterocycles. The minimum atomic E-state index is -0.585. The molecule has 0 aromatic rings. The van der Waals surface area contributed by atoms with Crippen LogP contribution in [0.3, 0.4) is 0 Å². The summed E-state index contributed by atoms with van der Waals surface area (Å²) in [5.74, 6) is -1.10.